The van der Waals surface area contributed by atoms with Crippen molar-refractivity contribution in [1.29, 1.82) is 0 Å². The van der Waals surface area contributed by atoms with Gasteiger partial charge in [0.1, 0.15) is 5.82 Å². The van der Waals surface area contributed by atoms with Crippen LogP contribution in [-0.2, 0) is 0 Å². The van der Waals surface area contributed by atoms with Crippen molar-refractivity contribution < 1.29 is 9.50 Å². The monoisotopic (exact) mass is 348 g/mol. The first-order valence-electron chi connectivity index (χ1n) is 9.39. The average molecular weight is 348 g/mol. The van der Waals surface area contributed by atoms with Crippen LogP contribution in [0, 0.1) is 11.7 Å². The Morgan fingerprint density at radius 1 is 1.20 bits per heavy atom. The summed E-state index contributed by atoms with van der Waals surface area (Å²) in [5.41, 5.74) is 1.07. The number of rotatable bonds is 4. The number of aliphatic hydroxyl groups is 1. The number of nitrogens with one attached hydrogen (secondary N) is 1. The lowest BCUT2D eigenvalue weighted by Gasteiger charge is -2.37. The van der Waals surface area contributed by atoms with E-state index in [0.717, 1.165) is 63.6 Å². The molecular formula is C19H29FN4O. The number of aliphatic imine (C=N–C) groups is 1. The normalized spacial score (nSPS) is 24.7. The zero-order valence-electron chi connectivity index (χ0n) is 15.0. The molecule has 1 saturated carbocycles. The maximum atomic E-state index is 13.1. The number of halogens is 1. The minimum Gasteiger partial charge on any atom is -0.393 e. The lowest BCUT2D eigenvalue weighted by Crippen LogP contribution is -2.52. The fourth-order valence-corrected chi connectivity index (χ4v) is 3.69. The highest BCUT2D eigenvalue weighted by molar-refractivity contribution is 5.80. The lowest BCUT2D eigenvalue weighted by atomic mass is 10.1. The van der Waals surface area contributed by atoms with Gasteiger partial charge in [0.2, 0.25) is 0 Å². The first kappa shape index (κ1) is 18.0. The van der Waals surface area contributed by atoms with Gasteiger partial charge in [-0.1, -0.05) is 6.42 Å². The predicted molar refractivity (Wildman–Crippen MR) is 99.5 cm³/mol. The third-order valence-corrected chi connectivity index (χ3v) is 5.20. The molecule has 0 amide bonds. The van der Waals surface area contributed by atoms with Crippen LogP contribution in [0.3, 0.4) is 0 Å². The van der Waals surface area contributed by atoms with Gasteiger partial charge in [0, 0.05) is 50.9 Å². The first-order chi connectivity index (χ1) is 12.2. The van der Waals surface area contributed by atoms with Gasteiger partial charge in [-0.3, -0.25) is 4.99 Å². The number of piperazine rings is 1. The van der Waals surface area contributed by atoms with Crippen molar-refractivity contribution in [2.75, 3.05) is 44.2 Å². The Bertz CT molecular complexity index is 569. The Morgan fingerprint density at radius 2 is 1.92 bits per heavy atom. The summed E-state index contributed by atoms with van der Waals surface area (Å²) in [4.78, 5) is 9.34. The molecule has 0 bridgehead atoms. The summed E-state index contributed by atoms with van der Waals surface area (Å²) >= 11 is 0. The van der Waals surface area contributed by atoms with Gasteiger partial charge in [0.15, 0.2) is 5.96 Å². The van der Waals surface area contributed by atoms with E-state index in [4.69, 9.17) is 4.99 Å². The molecule has 0 aromatic heterocycles. The summed E-state index contributed by atoms with van der Waals surface area (Å²) in [7, 11) is 0. The Kier molecular flexibility index (Phi) is 6.13. The van der Waals surface area contributed by atoms with Crippen LogP contribution in [0.25, 0.3) is 0 Å². The molecule has 2 atom stereocenters. The van der Waals surface area contributed by atoms with E-state index in [0.29, 0.717) is 12.5 Å². The molecule has 2 unspecified atom stereocenters. The van der Waals surface area contributed by atoms with Crippen molar-refractivity contribution in [2.24, 2.45) is 10.9 Å². The van der Waals surface area contributed by atoms with Crippen molar-refractivity contribution >= 4 is 11.6 Å². The molecule has 2 aliphatic rings. The van der Waals surface area contributed by atoms with Gasteiger partial charge in [-0.2, -0.15) is 0 Å². The van der Waals surface area contributed by atoms with E-state index in [1.54, 1.807) is 0 Å². The fraction of sp³-hybridized carbons (Fsp3) is 0.632. The number of benzene rings is 1. The SMILES string of the molecule is CCNC(=NCC1CCCC1O)N1CCN(c2ccc(F)cc2)CC1. The second-order valence-corrected chi connectivity index (χ2v) is 6.90. The second-order valence-electron chi connectivity index (χ2n) is 6.90. The predicted octanol–water partition coefficient (Wildman–Crippen LogP) is 2.07. The molecule has 1 aliphatic heterocycles. The number of hydrogen-bond acceptors (Lipinski definition) is 3. The molecule has 25 heavy (non-hydrogen) atoms. The smallest absolute Gasteiger partial charge is 0.194 e. The second kappa shape index (κ2) is 8.52. The highest BCUT2D eigenvalue weighted by atomic mass is 19.1. The molecule has 2 N–H and O–H groups in total. The third kappa shape index (κ3) is 4.63. The summed E-state index contributed by atoms with van der Waals surface area (Å²) < 4.78 is 13.1. The Hall–Kier alpha value is -1.82. The van der Waals surface area contributed by atoms with Crippen LogP contribution < -0.4 is 10.2 Å². The Morgan fingerprint density at radius 3 is 2.52 bits per heavy atom. The number of hydrogen-bond donors (Lipinski definition) is 2. The molecule has 1 aliphatic carbocycles. The zero-order valence-corrected chi connectivity index (χ0v) is 15.0. The summed E-state index contributed by atoms with van der Waals surface area (Å²) in [6, 6.07) is 6.71. The minimum atomic E-state index is -0.196. The van der Waals surface area contributed by atoms with Crippen LogP contribution in [-0.4, -0.2) is 61.3 Å². The van der Waals surface area contributed by atoms with Gasteiger partial charge in [0.05, 0.1) is 6.10 Å². The van der Waals surface area contributed by atoms with E-state index >= 15 is 0 Å². The van der Waals surface area contributed by atoms with Crippen molar-refractivity contribution in [3.63, 3.8) is 0 Å². The maximum Gasteiger partial charge on any atom is 0.194 e. The van der Waals surface area contributed by atoms with Gasteiger partial charge in [-0.05, 0) is 44.0 Å². The van der Waals surface area contributed by atoms with Gasteiger partial charge in [-0.15, -0.1) is 0 Å². The van der Waals surface area contributed by atoms with Crippen molar-refractivity contribution in [3.8, 4) is 0 Å². The highest BCUT2D eigenvalue weighted by Gasteiger charge is 2.26. The largest absolute Gasteiger partial charge is 0.393 e. The van der Waals surface area contributed by atoms with E-state index in [1.807, 2.05) is 12.1 Å². The molecular weight excluding hydrogens is 319 g/mol. The van der Waals surface area contributed by atoms with Crippen LogP contribution in [0.15, 0.2) is 29.3 Å². The number of guanidine groups is 1. The number of anilines is 1. The molecule has 6 heteroatoms. The summed E-state index contributed by atoms with van der Waals surface area (Å²) in [5.74, 6) is 1.05. The molecule has 3 rings (SSSR count). The van der Waals surface area contributed by atoms with Crippen LogP contribution in [0.2, 0.25) is 0 Å². The van der Waals surface area contributed by atoms with Crippen molar-refractivity contribution in [3.05, 3.63) is 30.1 Å². The van der Waals surface area contributed by atoms with Gasteiger partial charge >= 0.3 is 0 Å². The maximum absolute atomic E-state index is 13.1. The first-order valence-corrected chi connectivity index (χ1v) is 9.39. The number of nitrogens with zero attached hydrogens (tertiary/aromatic N) is 3. The Labute approximate surface area is 149 Å². The van der Waals surface area contributed by atoms with Gasteiger partial charge < -0.3 is 20.2 Å². The van der Waals surface area contributed by atoms with Gasteiger partial charge in [-0.25, -0.2) is 4.39 Å². The molecule has 5 nitrogen and oxygen atoms in total. The molecule has 2 fully saturated rings. The topological polar surface area (TPSA) is 51.1 Å². The van der Waals surface area contributed by atoms with Crippen LogP contribution in [0.4, 0.5) is 10.1 Å². The van der Waals surface area contributed by atoms with Crippen molar-refractivity contribution in [2.45, 2.75) is 32.3 Å². The fourth-order valence-electron chi connectivity index (χ4n) is 3.69. The van der Waals surface area contributed by atoms with Gasteiger partial charge in [0.25, 0.3) is 0 Å². The molecule has 0 radical (unpaired) electrons. The summed E-state index contributed by atoms with van der Waals surface area (Å²) in [5, 5.41) is 13.4. The lowest BCUT2D eigenvalue weighted by molar-refractivity contribution is 0.136. The van der Waals surface area contributed by atoms with Crippen molar-refractivity contribution in [1.82, 2.24) is 10.2 Å². The minimum absolute atomic E-state index is 0.193. The van der Waals surface area contributed by atoms with E-state index < -0.39 is 0 Å². The highest BCUT2D eigenvalue weighted by Crippen LogP contribution is 2.25. The quantitative estimate of drug-likeness (QED) is 0.646. The van der Waals surface area contributed by atoms with Crippen LogP contribution in [0.1, 0.15) is 26.2 Å². The Balaban J connectivity index is 1.57. The zero-order chi connectivity index (χ0) is 17.6. The van der Waals surface area contributed by atoms with E-state index in [2.05, 4.69) is 22.0 Å². The molecule has 0 spiro atoms. The molecule has 1 aromatic carbocycles. The molecule has 1 heterocycles. The van der Waals surface area contributed by atoms with Crippen LogP contribution in [0.5, 0.6) is 0 Å². The standard InChI is InChI=1S/C19H29FN4O/c1-2-21-19(22-14-15-4-3-5-18(15)25)24-12-10-23(11-13-24)17-8-6-16(20)7-9-17/h6-9,15,18,25H,2-5,10-14H2,1H3,(H,21,22). The average Bonchev–Trinajstić information content (AvgIpc) is 3.04. The molecule has 1 aromatic rings. The summed E-state index contributed by atoms with van der Waals surface area (Å²) in [6.07, 6.45) is 2.89. The molecule has 138 valence electrons. The third-order valence-electron chi connectivity index (χ3n) is 5.20. The number of aliphatic hydroxyl groups excluding tert-OH is 1. The molecule has 1 saturated heterocycles. The van der Waals surface area contributed by atoms with E-state index in [1.165, 1.54) is 12.1 Å². The van der Waals surface area contributed by atoms with E-state index in [9.17, 15) is 9.50 Å². The summed E-state index contributed by atoms with van der Waals surface area (Å²) in [6.45, 7) is 7.16. The van der Waals surface area contributed by atoms with E-state index in [-0.39, 0.29) is 11.9 Å². The van der Waals surface area contributed by atoms with Crippen LogP contribution >= 0.6 is 0 Å².